The lowest BCUT2D eigenvalue weighted by atomic mass is 10.1. The van der Waals surface area contributed by atoms with E-state index in [-0.39, 0.29) is 11.5 Å². The first kappa shape index (κ1) is 22.4. The Morgan fingerprint density at radius 3 is 2.69 bits per heavy atom. The van der Waals surface area contributed by atoms with Crippen LogP contribution in [0.3, 0.4) is 0 Å². The Morgan fingerprint density at radius 1 is 1.38 bits per heavy atom. The maximum Gasteiger partial charge on any atom is 0.349 e. The molecule has 0 bridgehead atoms. The van der Waals surface area contributed by atoms with Gasteiger partial charge >= 0.3 is 5.97 Å². The zero-order chi connectivity index (χ0) is 21.6. The molecule has 6 nitrogen and oxygen atoms in total. The number of esters is 1. The molecular formula is C22H27N3O3S. The summed E-state index contributed by atoms with van der Waals surface area (Å²) >= 11 is 1.55. The van der Waals surface area contributed by atoms with Gasteiger partial charge in [0.15, 0.2) is 6.61 Å². The molecule has 0 saturated heterocycles. The number of likely N-dealkylation sites (N-methyl/N-ethyl adjacent to an activating group) is 1. The zero-order valence-electron chi connectivity index (χ0n) is 17.6. The second-order valence-electron chi connectivity index (χ2n) is 7.41. The Hall–Kier alpha value is -2.85. The number of thiophene rings is 1. The molecule has 0 radical (unpaired) electrons. The van der Waals surface area contributed by atoms with E-state index in [9.17, 15) is 14.9 Å². The Morgan fingerprint density at radius 2 is 2.10 bits per heavy atom. The normalized spacial score (nSPS) is 11.4. The van der Waals surface area contributed by atoms with E-state index in [2.05, 4.69) is 18.4 Å². The molecule has 0 aliphatic carbocycles. The molecule has 1 amide bonds. The Bertz CT molecular complexity index is 933. The third kappa shape index (κ3) is 6.06. The summed E-state index contributed by atoms with van der Waals surface area (Å²) in [5.41, 5.74) is 2.74. The van der Waals surface area contributed by atoms with E-state index in [0.717, 1.165) is 28.4 Å². The fourth-order valence-corrected chi connectivity index (χ4v) is 3.71. The monoisotopic (exact) mass is 413 g/mol. The summed E-state index contributed by atoms with van der Waals surface area (Å²) in [6.07, 6.45) is 1.53. The molecule has 7 heteroatoms. The van der Waals surface area contributed by atoms with Gasteiger partial charge in [-0.1, -0.05) is 19.9 Å². The number of rotatable bonds is 8. The SMILES string of the molecule is Cc1cc(/C=C(\C#N)C(=O)OCC(=O)N(C)Cc2cccs2)c(C)n1CC(C)C. The minimum absolute atomic E-state index is 0.122. The highest BCUT2D eigenvalue weighted by molar-refractivity contribution is 7.09. The van der Waals surface area contributed by atoms with Crippen LogP contribution in [0.1, 0.15) is 35.7 Å². The first-order valence-electron chi connectivity index (χ1n) is 9.45. The summed E-state index contributed by atoms with van der Waals surface area (Å²) in [5.74, 6) is -0.632. The van der Waals surface area contributed by atoms with E-state index >= 15 is 0 Å². The number of nitriles is 1. The minimum Gasteiger partial charge on any atom is -0.451 e. The van der Waals surface area contributed by atoms with Crippen molar-refractivity contribution in [3.8, 4) is 6.07 Å². The predicted molar refractivity (Wildman–Crippen MR) is 114 cm³/mol. The van der Waals surface area contributed by atoms with Crippen molar-refractivity contribution in [2.45, 2.75) is 40.8 Å². The molecule has 154 valence electrons. The van der Waals surface area contributed by atoms with Gasteiger partial charge in [0.25, 0.3) is 5.91 Å². The van der Waals surface area contributed by atoms with Crippen LogP contribution in [0.4, 0.5) is 0 Å². The Labute approximate surface area is 176 Å². The maximum atomic E-state index is 12.3. The molecule has 0 aromatic carbocycles. The van der Waals surface area contributed by atoms with Crippen molar-refractivity contribution in [1.29, 1.82) is 5.26 Å². The van der Waals surface area contributed by atoms with Crippen LogP contribution in [-0.4, -0.2) is 35.0 Å². The molecule has 0 fully saturated rings. The minimum atomic E-state index is -0.793. The zero-order valence-corrected chi connectivity index (χ0v) is 18.4. The molecular weight excluding hydrogens is 386 g/mol. The van der Waals surface area contributed by atoms with E-state index < -0.39 is 12.6 Å². The first-order valence-corrected chi connectivity index (χ1v) is 10.3. The Balaban J connectivity index is 2.03. The third-order valence-corrected chi connectivity index (χ3v) is 5.39. The van der Waals surface area contributed by atoms with Crippen molar-refractivity contribution >= 4 is 29.3 Å². The van der Waals surface area contributed by atoms with Crippen LogP contribution in [0.15, 0.2) is 29.2 Å². The number of nitrogens with zero attached hydrogens (tertiary/aromatic N) is 3. The van der Waals surface area contributed by atoms with Gasteiger partial charge in [0, 0.05) is 29.9 Å². The largest absolute Gasteiger partial charge is 0.451 e. The molecule has 29 heavy (non-hydrogen) atoms. The van der Waals surface area contributed by atoms with E-state index in [4.69, 9.17) is 4.74 Å². The van der Waals surface area contributed by atoms with Gasteiger partial charge < -0.3 is 14.2 Å². The number of hydrogen-bond donors (Lipinski definition) is 0. The van der Waals surface area contributed by atoms with Crippen molar-refractivity contribution in [2.75, 3.05) is 13.7 Å². The highest BCUT2D eigenvalue weighted by atomic mass is 32.1. The molecule has 0 aliphatic rings. The van der Waals surface area contributed by atoms with Gasteiger partial charge in [-0.05, 0) is 48.9 Å². The maximum absolute atomic E-state index is 12.3. The molecule has 0 aliphatic heterocycles. The molecule has 0 spiro atoms. The molecule has 0 N–H and O–H groups in total. The molecule has 0 atom stereocenters. The standard InChI is InChI=1S/C22H27N3O3S/c1-15(2)12-25-16(3)9-18(17(25)4)10-19(11-23)22(27)28-14-21(26)24(5)13-20-7-6-8-29-20/h6-10,15H,12-14H2,1-5H3/b19-10+. The lowest BCUT2D eigenvalue weighted by molar-refractivity contribution is -0.148. The molecule has 0 unspecified atom stereocenters. The number of aryl methyl sites for hydroxylation is 1. The predicted octanol–water partition coefficient (Wildman–Crippen LogP) is 3.93. The molecule has 2 heterocycles. The first-order chi connectivity index (χ1) is 13.7. The summed E-state index contributed by atoms with van der Waals surface area (Å²) in [4.78, 5) is 27.0. The van der Waals surface area contributed by atoms with Gasteiger partial charge in [-0.15, -0.1) is 11.3 Å². The number of ether oxygens (including phenoxy) is 1. The van der Waals surface area contributed by atoms with E-state index in [0.29, 0.717) is 12.5 Å². The fraction of sp³-hybridized carbons (Fsp3) is 0.409. The number of aromatic nitrogens is 1. The van der Waals surface area contributed by atoms with Crippen molar-refractivity contribution in [3.05, 3.63) is 51.0 Å². The average Bonchev–Trinajstić information content (AvgIpc) is 3.27. The van der Waals surface area contributed by atoms with E-state index in [1.165, 1.54) is 11.0 Å². The highest BCUT2D eigenvalue weighted by Gasteiger charge is 2.17. The number of amides is 1. The highest BCUT2D eigenvalue weighted by Crippen LogP contribution is 2.20. The number of hydrogen-bond acceptors (Lipinski definition) is 5. The van der Waals surface area contributed by atoms with Crippen LogP contribution >= 0.6 is 11.3 Å². The van der Waals surface area contributed by atoms with Crippen molar-refractivity contribution in [3.63, 3.8) is 0 Å². The summed E-state index contributed by atoms with van der Waals surface area (Å²) in [6, 6.07) is 7.69. The van der Waals surface area contributed by atoms with Crippen LogP contribution in [0.5, 0.6) is 0 Å². The second-order valence-corrected chi connectivity index (χ2v) is 8.44. The summed E-state index contributed by atoms with van der Waals surface area (Å²) in [5, 5.41) is 11.3. The average molecular weight is 414 g/mol. The summed E-state index contributed by atoms with van der Waals surface area (Å²) in [7, 11) is 1.65. The Kier molecular flexibility index (Phi) is 7.80. The second kappa shape index (κ2) is 10.1. The van der Waals surface area contributed by atoms with Crippen LogP contribution in [0, 0.1) is 31.1 Å². The van der Waals surface area contributed by atoms with Crippen molar-refractivity contribution < 1.29 is 14.3 Å². The molecule has 2 rings (SSSR count). The molecule has 2 aromatic rings. The lowest BCUT2D eigenvalue weighted by Crippen LogP contribution is -2.30. The van der Waals surface area contributed by atoms with Crippen LogP contribution in [-0.2, 0) is 27.4 Å². The molecule has 2 aromatic heterocycles. The van der Waals surface area contributed by atoms with Crippen LogP contribution < -0.4 is 0 Å². The van der Waals surface area contributed by atoms with Gasteiger partial charge in [0.1, 0.15) is 11.6 Å². The van der Waals surface area contributed by atoms with Gasteiger partial charge in [-0.2, -0.15) is 5.26 Å². The van der Waals surface area contributed by atoms with E-state index in [1.54, 1.807) is 18.4 Å². The van der Waals surface area contributed by atoms with Gasteiger partial charge in [-0.25, -0.2) is 4.79 Å². The number of carbonyl (C=O) groups excluding carboxylic acids is 2. The topological polar surface area (TPSA) is 75.3 Å². The summed E-state index contributed by atoms with van der Waals surface area (Å²) < 4.78 is 7.25. The van der Waals surface area contributed by atoms with Gasteiger partial charge in [0.05, 0.1) is 6.54 Å². The van der Waals surface area contributed by atoms with Gasteiger partial charge in [-0.3, -0.25) is 4.79 Å². The fourth-order valence-electron chi connectivity index (χ4n) is 2.95. The lowest BCUT2D eigenvalue weighted by Gasteiger charge is -2.16. The van der Waals surface area contributed by atoms with E-state index in [1.807, 2.05) is 43.5 Å². The van der Waals surface area contributed by atoms with Crippen LogP contribution in [0.2, 0.25) is 0 Å². The summed E-state index contributed by atoms with van der Waals surface area (Å²) in [6.45, 7) is 9.16. The third-order valence-electron chi connectivity index (χ3n) is 4.53. The van der Waals surface area contributed by atoms with Crippen LogP contribution in [0.25, 0.3) is 6.08 Å². The van der Waals surface area contributed by atoms with Gasteiger partial charge in [0.2, 0.25) is 0 Å². The quantitative estimate of drug-likeness (QED) is 0.373. The smallest absolute Gasteiger partial charge is 0.349 e. The van der Waals surface area contributed by atoms with Crippen molar-refractivity contribution in [1.82, 2.24) is 9.47 Å². The molecule has 0 saturated carbocycles. The number of carbonyl (C=O) groups is 2. The van der Waals surface area contributed by atoms with Crippen molar-refractivity contribution in [2.24, 2.45) is 5.92 Å².